The Balaban J connectivity index is 4.20. The molecule has 0 aliphatic heterocycles. The molecule has 0 rings (SSSR count). The van der Waals surface area contributed by atoms with E-state index < -0.39 is 0 Å². The summed E-state index contributed by atoms with van der Waals surface area (Å²) < 4.78 is 4.88. The first-order chi connectivity index (χ1) is 7.97. The van der Waals surface area contributed by atoms with Crippen LogP contribution in [0.4, 0.5) is 0 Å². The van der Waals surface area contributed by atoms with Gasteiger partial charge in [-0.05, 0) is 26.8 Å². The second-order valence-corrected chi connectivity index (χ2v) is 4.78. The van der Waals surface area contributed by atoms with Crippen LogP contribution in [-0.4, -0.2) is 56.2 Å². The van der Waals surface area contributed by atoms with Crippen LogP contribution in [0.1, 0.15) is 27.2 Å². The highest BCUT2D eigenvalue weighted by molar-refractivity contribution is 5.78. The zero-order chi connectivity index (χ0) is 13.3. The van der Waals surface area contributed by atoms with Gasteiger partial charge in [0.05, 0.1) is 13.2 Å². The SMILES string of the molecule is CCCN(CC(=O)NCCOC)C(C)(C)CN. The lowest BCUT2D eigenvalue weighted by atomic mass is 10.0. The fourth-order valence-electron chi connectivity index (χ4n) is 1.52. The zero-order valence-corrected chi connectivity index (χ0v) is 11.6. The first kappa shape index (κ1) is 16.4. The largest absolute Gasteiger partial charge is 0.383 e. The van der Waals surface area contributed by atoms with E-state index in [1.165, 1.54) is 0 Å². The second-order valence-electron chi connectivity index (χ2n) is 4.78. The minimum atomic E-state index is -0.144. The van der Waals surface area contributed by atoms with Crippen molar-refractivity contribution >= 4 is 5.91 Å². The number of hydrogen-bond acceptors (Lipinski definition) is 4. The number of hydrogen-bond donors (Lipinski definition) is 2. The minimum absolute atomic E-state index is 0.0250. The van der Waals surface area contributed by atoms with Gasteiger partial charge in [-0.25, -0.2) is 0 Å². The average molecular weight is 245 g/mol. The summed E-state index contributed by atoms with van der Waals surface area (Å²) in [5.41, 5.74) is 5.60. The molecule has 0 saturated heterocycles. The molecular formula is C12H27N3O2. The van der Waals surface area contributed by atoms with Crippen molar-refractivity contribution in [2.75, 3.05) is 39.9 Å². The molecule has 17 heavy (non-hydrogen) atoms. The third-order valence-corrected chi connectivity index (χ3v) is 2.81. The number of rotatable bonds is 9. The molecule has 0 aliphatic rings. The molecule has 0 aromatic heterocycles. The molecule has 0 radical (unpaired) electrons. The fourth-order valence-corrected chi connectivity index (χ4v) is 1.52. The van der Waals surface area contributed by atoms with E-state index in [9.17, 15) is 4.79 Å². The molecule has 0 atom stereocenters. The van der Waals surface area contributed by atoms with E-state index in [0.29, 0.717) is 26.2 Å². The van der Waals surface area contributed by atoms with Crippen LogP contribution in [0.5, 0.6) is 0 Å². The topological polar surface area (TPSA) is 67.6 Å². The molecule has 3 N–H and O–H groups in total. The van der Waals surface area contributed by atoms with Crippen LogP contribution in [0.3, 0.4) is 0 Å². The van der Waals surface area contributed by atoms with Crippen molar-refractivity contribution in [3.05, 3.63) is 0 Å². The Kier molecular flexibility index (Phi) is 8.12. The maximum Gasteiger partial charge on any atom is 0.234 e. The molecule has 0 aromatic rings. The molecule has 0 heterocycles. The number of methoxy groups -OCH3 is 1. The number of carbonyl (C=O) groups excluding carboxylic acids is 1. The maximum absolute atomic E-state index is 11.7. The van der Waals surface area contributed by atoms with Gasteiger partial charge in [-0.2, -0.15) is 0 Å². The summed E-state index contributed by atoms with van der Waals surface area (Å²) in [6.45, 7) is 9.12. The lowest BCUT2D eigenvalue weighted by Crippen LogP contribution is -2.53. The summed E-state index contributed by atoms with van der Waals surface area (Å²) in [6, 6.07) is 0. The third-order valence-electron chi connectivity index (χ3n) is 2.81. The van der Waals surface area contributed by atoms with E-state index in [2.05, 4.69) is 31.0 Å². The Morgan fingerprint density at radius 3 is 2.59 bits per heavy atom. The van der Waals surface area contributed by atoms with Crippen molar-refractivity contribution in [3.63, 3.8) is 0 Å². The summed E-state index contributed by atoms with van der Waals surface area (Å²) >= 11 is 0. The zero-order valence-electron chi connectivity index (χ0n) is 11.6. The van der Waals surface area contributed by atoms with Gasteiger partial charge < -0.3 is 15.8 Å². The monoisotopic (exact) mass is 245 g/mol. The summed E-state index contributed by atoms with van der Waals surface area (Å²) in [6.07, 6.45) is 1.01. The first-order valence-electron chi connectivity index (χ1n) is 6.18. The van der Waals surface area contributed by atoms with Crippen molar-refractivity contribution in [1.82, 2.24) is 10.2 Å². The van der Waals surface area contributed by atoms with Crippen molar-refractivity contribution in [2.24, 2.45) is 5.73 Å². The molecule has 0 fully saturated rings. The van der Waals surface area contributed by atoms with Gasteiger partial charge in [0, 0.05) is 25.7 Å². The van der Waals surface area contributed by atoms with Crippen LogP contribution in [0.2, 0.25) is 0 Å². The van der Waals surface area contributed by atoms with Gasteiger partial charge >= 0.3 is 0 Å². The highest BCUT2D eigenvalue weighted by Crippen LogP contribution is 2.12. The Bertz CT molecular complexity index is 220. The number of nitrogens with two attached hydrogens (primary N) is 1. The summed E-state index contributed by atoms with van der Waals surface area (Å²) in [7, 11) is 1.62. The Labute approximate surface area is 105 Å². The maximum atomic E-state index is 11.7. The molecule has 1 amide bonds. The number of nitrogens with one attached hydrogen (secondary N) is 1. The molecule has 0 saturated carbocycles. The van der Waals surface area contributed by atoms with Gasteiger partial charge in [-0.1, -0.05) is 6.92 Å². The molecule has 0 unspecified atom stereocenters. The minimum Gasteiger partial charge on any atom is -0.383 e. The molecule has 0 aromatic carbocycles. The van der Waals surface area contributed by atoms with E-state index in [0.717, 1.165) is 13.0 Å². The van der Waals surface area contributed by atoms with Crippen LogP contribution in [0.15, 0.2) is 0 Å². The van der Waals surface area contributed by atoms with Crippen molar-refractivity contribution in [1.29, 1.82) is 0 Å². The lowest BCUT2D eigenvalue weighted by molar-refractivity contribution is -0.123. The standard InChI is InChI=1S/C12H27N3O2/c1-5-7-15(12(2,3)10-13)9-11(16)14-6-8-17-4/h5-10,13H2,1-4H3,(H,14,16). The normalized spacial score (nSPS) is 11.9. The molecule has 5 nitrogen and oxygen atoms in total. The van der Waals surface area contributed by atoms with E-state index >= 15 is 0 Å². The van der Waals surface area contributed by atoms with E-state index in [-0.39, 0.29) is 11.4 Å². The third kappa shape index (κ3) is 6.61. The van der Waals surface area contributed by atoms with Gasteiger partial charge in [-0.3, -0.25) is 9.69 Å². The summed E-state index contributed by atoms with van der Waals surface area (Å²) in [4.78, 5) is 13.8. The number of carbonyl (C=O) groups is 1. The highest BCUT2D eigenvalue weighted by atomic mass is 16.5. The van der Waals surface area contributed by atoms with Gasteiger partial charge in [0.15, 0.2) is 0 Å². The Hall–Kier alpha value is -0.650. The first-order valence-corrected chi connectivity index (χ1v) is 6.18. The second kappa shape index (κ2) is 8.44. The molecule has 0 spiro atoms. The van der Waals surface area contributed by atoms with Crippen LogP contribution in [-0.2, 0) is 9.53 Å². The quantitative estimate of drug-likeness (QED) is 0.569. The number of amides is 1. The van der Waals surface area contributed by atoms with Crippen LogP contribution in [0.25, 0.3) is 0 Å². The van der Waals surface area contributed by atoms with Crippen LogP contribution < -0.4 is 11.1 Å². The van der Waals surface area contributed by atoms with Gasteiger partial charge in [0.1, 0.15) is 0 Å². The number of ether oxygens (including phenoxy) is 1. The van der Waals surface area contributed by atoms with Crippen molar-refractivity contribution < 1.29 is 9.53 Å². The molecule has 0 bridgehead atoms. The van der Waals surface area contributed by atoms with Gasteiger partial charge in [0.2, 0.25) is 5.91 Å². The highest BCUT2D eigenvalue weighted by Gasteiger charge is 2.25. The summed E-state index contributed by atoms with van der Waals surface area (Å²) in [5.74, 6) is 0.0250. The molecular weight excluding hydrogens is 218 g/mol. The van der Waals surface area contributed by atoms with Gasteiger partial charge in [-0.15, -0.1) is 0 Å². The average Bonchev–Trinajstić information content (AvgIpc) is 2.29. The number of nitrogens with zero attached hydrogens (tertiary/aromatic N) is 1. The molecule has 102 valence electrons. The smallest absolute Gasteiger partial charge is 0.234 e. The van der Waals surface area contributed by atoms with E-state index in [1.807, 2.05) is 0 Å². The predicted octanol–water partition coefficient (Wildman–Crippen LogP) is 0.198. The Morgan fingerprint density at radius 1 is 1.47 bits per heavy atom. The van der Waals surface area contributed by atoms with Crippen molar-refractivity contribution in [3.8, 4) is 0 Å². The molecule has 0 aliphatic carbocycles. The van der Waals surface area contributed by atoms with Crippen LogP contribution >= 0.6 is 0 Å². The summed E-state index contributed by atoms with van der Waals surface area (Å²) in [5, 5.41) is 2.82. The van der Waals surface area contributed by atoms with Crippen LogP contribution in [0, 0.1) is 0 Å². The lowest BCUT2D eigenvalue weighted by Gasteiger charge is -2.37. The fraction of sp³-hybridized carbons (Fsp3) is 0.917. The van der Waals surface area contributed by atoms with Gasteiger partial charge in [0.25, 0.3) is 0 Å². The Morgan fingerprint density at radius 2 is 2.12 bits per heavy atom. The predicted molar refractivity (Wildman–Crippen MR) is 69.9 cm³/mol. The van der Waals surface area contributed by atoms with E-state index in [4.69, 9.17) is 10.5 Å². The molecule has 5 heteroatoms. The van der Waals surface area contributed by atoms with Crippen molar-refractivity contribution in [2.45, 2.75) is 32.7 Å². The van der Waals surface area contributed by atoms with E-state index in [1.54, 1.807) is 7.11 Å².